The molecular formula is C24H25NO7. The lowest BCUT2D eigenvalue weighted by Crippen LogP contribution is -2.42. The van der Waals surface area contributed by atoms with Crippen molar-refractivity contribution in [3.63, 3.8) is 0 Å². The number of carbonyl (C=O) groups excluding carboxylic acids is 3. The van der Waals surface area contributed by atoms with E-state index >= 15 is 0 Å². The molecule has 3 heterocycles. The summed E-state index contributed by atoms with van der Waals surface area (Å²) in [6.07, 6.45) is 6.85. The highest BCUT2D eigenvalue weighted by molar-refractivity contribution is 5.97. The number of nitrogens with one attached hydrogen (secondary N) is 1. The molecular weight excluding hydrogens is 414 g/mol. The Bertz CT molecular complexity index is 1060. The molecule has 4 aliphatic rings. The minimum atomic E-state index is -0.660. The summed E-state index contributed by atoms with van der Waals surface area (Å²) in [5, 5.41) is 2.72. The normalized spacial score (nSPS) is 30.9. The summed E-state index contributed by atoms with van der Waals surface area (Å²) < 4.78 is 22.1. The van der Waals surface area contributed by atoms with E-state index in [-0.39, 0.29) is 12.6 Å². The molecule has 4 atom stereocenters. The molecule has 2 aliphatic heterocycles. The van der Waals surface area contributed by atoms with E-state index in [1.54, 1.807) is 18.4 Å². The maximum atomic E-state index is 12.7. The number of cyclic esters (lactones) is 2. The molecule has 1 N–H and O–H groups in total. The van der Waals surface area contributed by atoms with E-state index in [0.717, 1.165) is 28.7 Å². The molecule has 1 amide bonds. The smallest absolute Gasteiger partial charge is 0.407 e. The van der Waals surface area contributed by atoms with Crippen molar-refractivity contribution in [1.82, 2.24) is 5.32 Å². The monoisotopic (exact) mass is 439 g/mol. The summed E-state index contributed by atoms with van der Waals surface area (Å²) in [6, 6.07) is 1.77. The maximum absolute atomic E-state index is 12.7. The molecule has 168 valence electrons. The minimum absolute atomic E-state index is 0.209. The van der Waals surface area contributed by atoms with Crippen LogP contribution in [0.25, 0.3) is 0 Å². The van der Waals surface area contributed by atoms with Gasteiger partial charge in [-0.1, -0.05) is 19.1 Å². The molecule has 1 aromatic heterocycles. The molecule has 1 spiro atoms. The molecule has 1 aromatic rings. The van der Waals surface area contributed by atoms with Crippen molar-refractivity contribution in [3.8, 4) is 0 Å². The van der Waals surface area contributed by atoms with E-state index in [2.05, 4.69) is 5.32 Å². The van der Waals surface area contributed by atoms with Crippen molar-refractivity contribution in [3.05, 3.63) is 58.6 Å². The predicted octanol–water partition coefficient (Wildman–Crippen LogP) is 3.52. The van der Waals surface area contributed by atoms with Gasteiger partial charge in [0.15, 0.2) is 6.10 Å². The first-order valence-corrected chi connectivity index (χ1v) is 10.9. The molecule has 1 saturated carbocycles. The quantitative estimate of drug-likeness (QED) is 0.565. The molecule has 0 unspecified atom stereocenters. The number of carbonyl (C=O) groups is 3. The van der Waals surface area contributed by atoms with Gasteiger partial charge in [0.2, 0.25) is 0 Å². The van der Waals surface area contributed by atoms with Crippen LogP contribution in [0.15, 0.2) is 57.5 Å². The predicted molar refractivity (Wildman–Crippen MR) is 111 cm³/mol. The van der Waals surface area contributed by atoms with Crippen LogP contribution in [0.3, 0.4) is 0 Å². The molecule has 1 saturated heterocycles. The summed E-state index contributed by atoms with van der Waals surface area (Å²) in [7, 11) is 0. The average molecular weight is 439 g/mol. The zero-order valence-corrected chi connectivity index (χ0v) is 18.0. The van der Waals surface area contributed by atoms with Crippen molar-refractivity contribution in [2.45, 2.75) is 45.3 Å². The van der Waals surface area contributed by atoms with Gasteiger partial charge in [-0.05, 0) is 37.0 Å². The molecule has 8 heteroatoms. The van der Waals surface area contributed by atoms with Gasteiger partial charge in [0.1, 0.15) is 12.7 Å². The zero-order chi connectivity index (χ0) is 22.5. The van der Waals surface area contributed by atoms with E-state index in [1.807, 2.05) is 19.9 Å². The van der Waals surface area contributed by atoms with Crippen LogP contribution in [0.2, 0.25) is 0 Å². The fourth-order valence-corrected chi connectivity index (χ4v) is 5.34. The van der Waals surface area contributed by atoms with Gasteiger partial charge in [-0.25, -0.2) is 9.59 Å². The topological polar surface area (TPSA) is 104 Å². The lowest BCUT2D eigenvalue weighted by molar-refractivity contribution is -0.142. The number of hydrogen-bond acceptors (Lipinski definition) is 7. The third-order valence-corrected chi connectivity index (χ3v) is 6.89. The van der Waals surface area contributed by atoms with Crippen LogP contribution in [-0.4, -0.2) is 37.3 Å². The third-order valence-electron chi connectivity index (χ3n) is 6.89. The summed E-state index contributed by atoms with van der Waals surface area (Å²) in [6.45, 7) is 4.63. The SMILES string of the molecule is CCCNC(=O)O[C@@H]1CC2=C(C)C3=C(C=C[C@]24COC(=O)[C@@H]4C1)C(=O)O[C@H]3c1ccoc1. The summed E-state index contributed by atoms with van der Waals surface area (Å²) >= 11 is 0. The minimum Gasteiger partial charge on any atom is -0.472 e. The van der Waals surface area contributed by atoms with Crippen LogP contribution >= 0.6 is 0 Å². The van der Waals surface area contributed by atoms with Gasteiger partial charge < -0.3 is 23.9 Å². The average Bonchev–Trinajstić information content (AvgIpc) is 3.47. The Kier molecular flexibility index (Phi) is 4.95. The number of ether oxygens (including phenoxy) is 3. The first-order valence-electron chi connectivity index (χ1n) is 10.9. The first kappa shape index (κ1) is 20.6. The highest BCUT2D eigenvalue weighted by Crippen LogP contribution is 2.56. The Hall–Kier alpha value is -3.29. The molecule has 32 heavy (non-hydrogen) atoms. The van der Waals surface area contributed by atoms with Crippen LogP contribution in [0.4, 0.5) is 4.79 Å². The van der Waals surface area contributed by atoms with Gasteiger partial charge in [-0.15, -0.1) is 0 Å². The van der Waals surface area contributed by atoms with Crippen molar-refractivity contribution in [2.75, 3.05) is 13.2 Å². The highest BCUT2D eigenvalue weighted by Gasteiger charge is 2.57. The second-order valence-electron chi connectivity index (χ2n) is 8.70. The number of rotatable bonds is 4. The van der Waals surface area contributed by atoms with Crippen LogP contribution in [0.5, 0.6) is 0 Å². The van der Waals surface area contributed by atoms with Gasteiger partial charge in [-0.2, -0.15) is 0 Å². The van der Waals surface area contributed by atoms with E-state index in [4.69, 9.17) is 18.6 Å². The second kappa shape index (κ2) is 7.69. The van der Waals surface area contributed by atoms with Crippen molar-refractivity contribution in [1.29, 1.82) is 0 Å². The number of hydrogen-bond donors (Lipinski definition) is 1. The molecule has 8 nitrogen and oxygen atoms in total. The van der Waals surface area contributed by atoms with Crippen LogP contribution < -0.4 is 5.32 Å². The number of esters is 2. The largest absolute Gasteiger partial charge is 0.472 e. The molecule has 5 rings (SSSR count). The number of amides is 1. The Labute approximate surface area is 185 Å². The lowest BCUT2D eigenvalue weighted by atomic mass is 9.62. The Morgan fingerprint density at radius 2 is 2.19 bits per heavy atom. The second-order valence-corrected chi connectivity index (χ2v) is 8.70. The van der Waals surface area contributed by atoms with Crippen LogP contribution in [-0.2, 0) is 23.8 Å². The van der Waals surface area contributed by atoms with Crippen molar-refractivity contribution >= 4 is 18.0 Å². The molecule has 0 bridgehead atoms. The molecule has 2 fully saturated rings. The van der Waals surface area contributed by atoms with E-state index < -0.39 is 35.6 Å². The van der Waals surface area contributed by atoms with E-state index in [1.165, 1.54) is 6.26 Å². The van der Waals surface area contributed by atoms with Gasteiger partial charge >= 0.3 is 18.0 Å². The summed E-state index contributed by atoms with van der Waals surface area (Å²) in [5.74, 6) is -1.20. The number of alkyl carbamates (subject to hydrolysis) is 1. The molecule has 2 aliphatic carbocycles. The zero-order valence-electron chi connectivity index (χ0n) is 18.0. The lowest BCUT2D eigenvalue weighted by Gasteiger charge is -2.40. The Balaban J connectivity index is 1.56. The Morgan fingerprint density at radius 1 is 1.34 bits per heavy atom. The van der Waals surface area contributed by atoms with E-state index in [0.29, 0.717) is 25.0 Å². The summed E-state index contributed by atoms with van der Waals surface area (Å²) in [5.41, 5.74) is 3.13. The van der Waals surface area contributed by atoms with Gasteiger partial charge in [0, 0.05) is 24.1 Å². The summed E-state index contributed by atoms with van der Waals surface area (Å²) in [4.78, 5) is 37.6. The van der Waals surface area contributed by atoms with Crippen molar-refractivity contribution < 1.29 is 33.0 Å². The Morgan fingerprint density at radius 3 is 2.94 bits per heavy atom. The highest BCUT2D eigenvalue weighted by atomic mass is 16.6. The van der Waals surface area contributed by atoms with Crippen LogP contribution in [0, 0.1) is 11.3 Å². The molecule has 0 radical (unpaired) electrons. The molecule has 0 aromatic carbocycles. The fourth-order valence-electron chi connectivity index (χ4n) is 5.34. The third kappa shape index (κ3) is 3.08. The number of furan rings is 1. The van der Waals surface area contributed by atoms with Gasteiger partial charge in [0.05, 0.1) is 29.4 Å². The van der Waals surface area contributed by atoms with E-state index in [9.17, 15) is 14.4 Å². The van der Waals surface area contributed by atoms with Gasteiger partial charge in [-0.3, -0.25) is 4.79 Å². The first-order chi connectivity index (χ1) is 15.4. The van der Waals surface area contributed by atoms with Crippen molar-refractivity contribution in [2.24, 2.45) is 11.3 Å². The van der Waals surface area contributed by atoms with Crippen LogP contribution in [0.1, 0.15) is 44.8 Å². The van der Waals surface area contributed by atoms with Gasteiger partial charge in [0.25, 0.3) is 0 Å². The standard InChI is InChI=1S/C24H25NO7/c1-3-7-25-23(28)31-15-9-17-13(2)19-16(21(26)32-20(19)14-5-8-29-11-14)4-6-24(17)12-30-22(27)18(24)10-15/h4-6,8,11,15,18,20H,3,7,9-10,12H2,1-2H3,(H,25,28)/t15-,18+,20+,24+/m1/s1. The maximum Gasteiger partial charge on any atom is 0.407 e. The fraction of sp³-hybridized carbons (Fsp3) is 0.458.